The molecule has 0 aliphatic rings. The van der Waals surface area contributed by atoms with Crippen molar-refractivity contribution in [1.82, 2.24) is 14.8 Å². The maximum absolute atomic E-state index is 13.0. The number of carbonyl (C=O) groups is 2. The first-order valence-corrected chi connectivity index (χ1v) is 9.79. The number of sulfonamides is 1. The number of rotatable bonds is 5. The lowest BCUT2D eigenvalue weighted by Gasteiger charge is -2.12. The molecule has 29 heavy (non-hydrogen) atoms. The topological polar surface area (TPSA) is 129 Å². The summed E-state index contributed by atoms with van der Waals surface area (Å²) in [5.41, 5.74) is 1.19. The highest BCUT2D eigenvalue weighted by atomic mass is 32.2. The second-order valence-electron chi connectivity index (χ2n) is 6.10. The van der Waals surface area contributed by atoms with Gasteiger partial charge in [-0.05, 0) is 31.2 Å². The molecule has 0 radical (unpaired) electrons. The summed E-state index contributed by atoms with van der Waals surface area (Å²) in [7, 11) is -0.239. The first kappa shape index (κ1) is 20.3. The number of aryl methyl sites for hydroxylation is 2. The van der Waals surface area contributed by atoms with E-state index in [-0.39, 0.29) is 16.8 Å². The van der Waals surface area contributed by atoms with Crippen molar-refractivity contribution in [3.05, 3.63) is 47.3 Å². The summed E-state index contributed by atoms with van der Waals surface area (Å²) in [6, 6.07) is 5.12. The Morgan fingerprint density at radius 3 is 2.45 bits per heavy atom. The molecule has 1 N–H and O–H groups in total. The van der Waals surface area contributed by atoms with Gasteiger partial charge in [0.05, 0.1) is 42.9 Å². The number of esters is 2. The Morgan fingerprint density at radius 2 is 1.79 bits per heavy atom. The van der Waals surface area contributed by atoms with Crippen molar-refractivity contribution in [3.8, 4) is 0 Å². The number of carbonyl (C=O) groups excluding carboxylic acids is 2. The van der Waals surface area contributed by atoms with Crippen LogP contribution in [0.25, 0.3) is 11.0 Å². The highest BCUT2D eigenvalue weighted by Crippen LogP contribution is 2.25. The lowest BCUT2D eigenvalue weighted by atomic mass is 10.1. The molecule has 0 aliphatic heterocycles. The van der Waals surface area contributed by atoms with Crippen molar-refractivity contribution >= 4 is 38.7 Å². The maximum atomic E-state index is 13.0. The molecule has 0 atom stereocenters. The van der Waals surface area contributed by atoms with Gasteiger partial charge in [0.25, 0.3) is 10.0 Å². The van der Waals surface area contributed by atoms with Gasteiger partial charge in [-0.15, -0.1) is 0 Å². The molecule has 0 amide bonds. The standard InChI is InChI=1S/C18H18N4O6S/c1-10-14-8-12(9-19-16(14)22(2)20-10)21-29(25,26)15-7-11(17(23)27-3)5-6-13(15)18(24)28-4/h5-9,21H,1-4H3. The van der Waals surface area contributed by atoms with Gasteiger partial charge >= 0.3 is 11.9 Å². The van der Waals surface area contributed by atoms with E-state index in [2.05, 4.69) is 24.3 Å². The Labute approximate surface area is 166 Å². The molecular formula is C18H18N4O6S. The predicted molar refractivity (Wildman–Crippen MR) is 103 cm³/mol. The normalized spacial score (nSPS) is 11.3. The van der Waals surface area contributed by atoms with E-state index in [4.69, 9.17) is 0 Å². The average molecular weight is 418 g/mol. The SMILES string of the molecule is COC(=O)c1ccc(C(=O)OC)c(S(=O)(=O)Nc2cnc3c(c2)c(C)nn3C)c1. The third kappa shape index (κ3) is 3.76. The van der Waals surface area contributed by atoms with Gasteiger partial charge in [0.1, 0.15) is 4.90 Å². The van der Waals surface area contributed by atoms with E-state index in [1.54, 1.807) is 24.7 Å². The Bertz CT molecular complexity index is 1230. The fourth-order valence-corrected chi connectivity index (χ4v) is 4.10. The number of pyridine rings is 1. The number of nitrogens with zero attached hydrogens (tertiary/aromatic N) is 3. The van der Waals surface area contributed by atoms with Crippen LogP contribution in [0, 0.1) is 6.92 Å². The molecule has 0 spiro atoms. The monoisotopic (exact) mass is 418 g/mol. The Hall–Kier alpha value is -3.47. The molecule has 3 rings (SSSR count). The van der Waals surface area contributed by atoms with Crippen LogP contribution >= 0.6 is 0 Å². The highest BCUT2D eigenvalue weighted by Gasteiger charge is 2.25. The van der Waals surface area contributed by atoms with Crippen LogP contribution in [0.5, 0.6) is 0 Å². The van der Waals surface area contributed by atoms with Crippen molar-refractivity contribution in [1.29, 1.82) is 0 Å². The number of anilines is 1. The van der Waals surface area contributed by atoms with Crippen molar-refractivity contribution < 1.29 is 27.5 Å². The van der Waals surface area contributed by atoms with Crippen molar-refractivity contribution in [3.63, 3.8) is 0 Å². The van der Waals surface area contributed by atoms with Gasteiger partial charge in [-0.1, -0.05) is 0 Å². The number of ether oxygens (including phenoxy) is 2. The Balaban J connectivity index is 2.09. The molecule has 0 bridgehead atoms. The van der Waals surface area contributed by atoms with Crippen molar-refractivity contribution in [2.24, 2.45) is 7.05 Å². The van der Waals surface area contributed by atoms with Gasteiger partial charge in [-0.3, -0.25) is 9.40 Å². The number of methoxy groups -OCH3 is 2. The number of hydrogen-bond donors (Lipinski definition) is 1. The summed E-state index contributed by atoms with van der Waals surface area (Å²) < 4.78 is 39.3. The van der Waals surface area contributed by atoms with Gasteiger partial charge < -0.3 is 9.47 Å². The first-order chi connectivity index (χ1) is 13.7. The van der Waals surface area contributed by atoms with Crippen LogP contribution < -0.4 is 4.72 Å². The minimum absolute atomic E-state index is 0.0304. The number of fused-ring (bicyclic) bond motifs is 1. The number of benzene rings is 1. The second-order valence-corrected chi connectivity index (χ2v) is 7.75. The third-order valence-electron chi connectivity index (χ3n) is 4.21. The average Bonchev–Trinajstić information content (AvgIpc) is 2.99. The third-order valence-corrected chi connectivity index (χ3v) is 5.63. The fourth-order valence-electron chi connectivity index (χ4n) is 2.84. The van der Waals surface area contributed by atoms with Crippen molar-refractivity contribution in [2.75, 3.05) is 18.9 Å². The quantitative estimate of drug-likeness (QED) is 0.619. The number of nitrogens with one attached hydrogen (secondary N) is 1. The van der Waals surface area contributed by atoms with Gasteiger partial charge in [0.15, 0.2) is 5.65 Å². The minimum atomic E-state index is -4.26. The van der Waals surface area contributed by atoms with Crippen LogP contribution in [0.1, 0.15) is 26.4 Å². The molecular weight excluding hydrogens is 400 g/mol. The van der Waals surface area contributed by atoms with Gasteiger partial charge in [-0.25, -0.2) is 23.0 Å². The van der Waals surface area contributed by atoms with Crippen LogP contribution in [0.15, 0.2) is 35.4 Å². The molecule has 10 nitrogen and oxygen atoms in total. The largest absolute Gasteiger partial charge is 0.465 e. The van der Waals surface area contributed by atoms with E-state index in [0.29, 0.717) is 16.7 Å². The van der Waals surface area contributed by atoms with Gasteiger partial charge in [-0.2, -0.15) is 5.10 Å². The molecule has 0 saturated carbocycles. The predicted octanol–water partition coefficient (Wildman–Crippen LogP) is 1.65. The summed E-state index contributed by atoms with van der Waals surface area (Å²) in [4.78, 5) is 27.7. The minimum Gasteiger partial charge on any atom is -0.465 e. The molecule has 3 aromatic rings. The molecule has 0 saturated heterocycles. The van der Waals surface area contributed by atoms with Crippen LogP contribution in [-0.4, -0.2) is 49.3 Å². The van der Waals surface area contributed by atoms with Gasteiger partial charge in [0, 0.05) is 12.4 Å². The lowest BCUT2D eigenvalue weighted by molar-refractivity contribution is 0.0583. The number of aromatic nitrogens is 3. The summed E-state index contributed by atoms with van der Waals surface area (Å²) in [6.45, 7) is 1.78. The van der Waals surface area contributed by atoms with Crippen LogP contribution in [0.3, 0.4) is 0 Å². The highest BCUT2D eigenvalue weighted by molar-refractivity contribution is 7.92. The van der Waals surface area contributed by atoms with E-state index in [1.807, 2.05) is 0 Å². The number of hydrogen-bond acceptors (Lipinski definition) is 8. The van der Waals surface area contributed by atoms with Crippen LogP contribution in [0.4, 0.5) is 5.69 Å². The van der Waals surface area contributed by atoms with Crippen LogP contribution in [0.2, 0.25) is 0 Å². The molecule has 1 aromatic carbocycles. The zero-order valence-corrected chi connectivity index (χ0v) is 16.9. The Morgan fingerprint density at radius 1 is 1.10 bits per heavy atom. The first-order valence-electron chi connectivity index (χ1n) is 8.30. The van der Waals surface area contributed by atoms with E-state index in [0.717, 1.165) is 13.2 Å². The Kier molecular flexibility index (Phi) is 5.25. The fraction of sp³-hybridized carbons (Fsp3) is 0.222. The molecule has 0 fully saturated rings. The molecule has 2 aromatic heterocycles. The summed E-state index contributed by atoms with van der Waals surface area (Å²) in [6.07, 6.45) is 1.34. The summed E-state index contributed by atoms with van der Waals surface area (Å²) in [5, 5.41) is 4.91. The van der Waals surface area contributed by atoms with Crippen molar-refractivity contribution in [2.45, 2.75) is 11.8 Å². The zero-order chi connectivity index (χ0) is 21.3. The van der Waals surface area contributed by atoms with Crippen LogP contribution in [-0.2, 0) is 26.5 Å². The molecule has 2 heterocycles. The molecule has 0 aliphatic carbocycles. The molecule has 152 valence electrons. The lowest BCUT2D eigenvalue weighted by Crippen LogP contribution is -2.19. The van der Waals surface area contributed by atoms with Gasteiger partial charge in [0.2, 0.25) is 0 Å². The zero-order valence-electron chi connectivity index (χ0n) is 16.1. The smallest absolute Gasteiger partial charge is 0.339 e. The molecule has 11 heteroatoms. The van der Waals surface area contributed by atoms with E-state index in [9.17, 15) is 18.0 Å². The summed E-state index contributed by atoms with van der Waals surface area (Å²) >= 11 is 0. The van der Waals surface area contributed by atoms with E-state index < -0.39 is 26.9 Å². The van der Waals surface area contributed by atoms with E-state index >= 15 is 0 Å². The second kappa shape index (κ2) is 7.51. The van der Waals surface area contributed by atoms with E-state index in [1.165, 1.54) is 25.4 Å². The molecule has 0 unspecified atom stereocenters. The maximum Gasteiger partial charge on any atom is 0.339 e. The summed E-state index contributed by atoms with van der Waals surface area (Å²) in [5.74, 6) is -1.61.